The van der Waals surface area contributed by atoms with E-state index >= 15 is 0 Å². The summed E-state index contributed by atoms with van der Waals surface area (Å²) in [7, 11) is 0. The van der Waals surface area contributed by atoms with Crippen LogP contribution in [0.25, 0.3) is 0 Å². The molecule has 22 heavy (non-hydrogen) atoms. The van der Waals surface area contributed by atoms with Crippen LogP contribution < -0.4 is 5.32 Å². The molecule has 4 rings (SSSR count). The van der Waals surface area contributed by atoms with Crippen molar-refractivity contribution in [2.24, 2.45) is 23.7 Å². The number of carbonyl (C=O) groups is 3. The van der Waals surface area contributed by atoms with Crippen molar-refractivity contribution in [2.45, 2.75) is 25.4 Å². The summed E-state index contributed by atoms with van der Waals surface area (Å²) in [5, 5.41) is 2.77. The molecule has 5 atom stereocenters. The number of likely N-dealkylation sites (tertiary alicyclic amines) is 1. The highest BCUT2D eigenvalue weighted by Gasteiger charge is 2.59. The van der Waals surface area contributed by atoms with Gasteiger partial charge >= 0.3 is 0 Å². The molecule has 2 heterocycles. The van der Waals surface area contributed by atoms with Crippen molar-refractivity contribution in [3.05, 3.63) is 12.2 Å². The number of fused-ring (bicyclic) bond motifs is 5. The average molecular weight is 304 g/mol. The third kappa shape index (κ3) is 2.08. The molecule has 0 unspecified atom stereocenters. The van der Waals surface area contributed by atoms with Gasteiger partial charge in [-0.1, -0.05) is 12.2 Å². The van der Waals surface area contributed by atoms with Crippen LogP contribution in [0.5, 0.6) is 0 Å². The van der Waals surface area contributed by atoms with Gasteiger partial charge in [0.05, 0.1) is 17.9 Å². The van der Waals surface area contributed by atoms with Gasteiger partial charge in [0.15, 0.2) is 0 Å². The summed E-state index contributed by atoms with van der Waals surface area (Å²) in [6, 6.07) is 0. The maximum absolute atomic E-state index is 12.4. The first kappa shape index (κ1) is 13.9. The number of ether oxygens (including phenoxy) is 1. The SMILES string of the molecule is O=C(CN1C(=O)[C@H]2[C@H](C1=O)[C@H]1C=C[C@H]2C1)NC[C@@H]1CCCO1. The lowest BCUT2D eigenvalue weighted by atomic mass is 9.85. The summed E-state index contributed by atoms with van der Waals surface area (Å²) in [6.07, 6.45) is 7.04. The highest BCUT2D eigenvalue weighted by atomic mass is 16.5. The second-order valence-corrected chi connectivity index (χ2v) is 6.70. The molecule has 2 saturated heterocycles. The van der Waals surface area contributed by atoms with Gasteiger partial charge in [0.2, 0.25) is 17.7 Å². The topological polar surface area (TPSA) is 75.7 Å². The second kappa shape index (κ2) is 5.19. The molecule has 1 N–H and O–H groups in total. The number of allylic oxidation sites excluding steroid dienone is 2. The first-order chi connectivity index (χ1) is 10.6. The molecule has 1 saturated carbocycles. The third-order valence-electron chi connectivity index (χ3n) is 5.41. The zero-order valence-electron chi connectivity index (χ0n) is 12.4. The van der Waals surface area contributed by atoms with E-state index in [1.165, 1.54) is 0 Å². The first-order valence-electron chi connectivity index (χ1n) is 8.07. The van der Waals surface area contributed by atoms with Crippen LogP contribution in [0.2, 0.25) is 0 Å². The minimum atomic E-state index is -0.280. The highest BCUT2D eigenvalue weighted by Crippen LogP contribution is 2.52. The van der Waals surface area contributed by atoms with Gasteiger partial charge in [-0.3, -0.25) is 19.3 Å². The van der Waals surface area contributed by atoms with Crippen molar-refractivity contribution in [1.29, 1.82) is 0 Å². The number of nitrogens with one attached hydrogen (secondary N) is 1. The molecule has 2 aliphatic heterocycles. The van der Waals surface area contributed by atoms with Crippen molar-refractivity contribution in [3.8, 4) is 0 Å². The Kier molecular flexibility index (Phi) is 3.29. The summed E-state index contributed by atoms with van der Waals surface area (Å²) in [4.78, 5) is 38.1. The molecule has 6 heteroatoms. The lowest BCUT2D eigenvalue weighted by molar-refractivity contribution is -0.144. The van der Waals surface area contributed by atoms with Crippen molar-refractivity contribution in [3.63, 3.8) is 0 Å². The average Bonchev–Trinajstić information content (AvgIpc) is 3.26. The van der Waals surface area contributed by atoms with Gasteiger partial charge in [-0.05, 0) is 31.1 Å². The van der Waals surface area contributed by atoms with E-state index in [0.717, 1.165) is 30.8 Å². The van der Waals surface area contributed by atoms with Gasteiger partial charge in [-0.15, -0.1) is 0 Å². The molecule has 118 valence electrons. The highest BCUT2D eigenvalue weighted by molar-refractivity contribution is 6.08. The summed E-state index contributed by atoms with van der Waals surface area (Å²) in [5.41, 5.74) is 0. The molecule has 0 aromatic carbocycles. The quantitative estimate of drug-likeness (QED) is 0.590. The van der Waals surface area contributed by atoms with E-state index in [1.807, 2.05) is 0 Å². The van der Waals surface area contributed by atoms with E-state index in [4.69, 9.17) is 4.74 Å². The summed E-state index contributed by atoms with van der Waals surface area (Å²) in [6.45, 7) is 1.04. The Balaban J connectivity index is 1.36. The molecule has 0 aromatic heterocycles. The molecule has 0 radical (unpaired) electrons. The van der Waals surface area contributed by atoms with Crippen LogP contribution in [-0.4, -0.2) is 48.4 Å². The fourth-order valence-corrected chi connectivity index (χ4v) is 4.35. The lowest BCUT2D eigenvalue weighted by Crippen LogP contribution is -2.43. The molecular weight excluding hydrogens is 284 g/mol. The zero-order chi connectivity index (χ0) is 15.3. The zero-order valence-corrected chi connectivity index (χ0v) is 12.4. The van der Waals surface area contributed by atoms with Gasteiger partial charge in [-0.2, -0.15) is 0 Å². The van der Waals surface area contributed by atoms with Crippen molar-refractivity contribution < 1.29 is 19.1 Å². The van der Waals surface area contributed by atoms with Gasteiger partial charge in [0, 0.05) is 13.2 Å². The Morgan fingerprint density at radius 3 is 2.50 bits per heavy atom. The van der Waals surface area contributed by atoms with Crippen LogP contribution >= 0.6 is 0 Å². The molecule has 2 aliphatic carbocycles. The van der Waals surface area contributed by atoms with Crippen LogP contribution in [0.15, 0.2) is 12.2 Å². The van der Waals surface area contributed by atoms with Crippen LogP contribution in [0.1, 0.15) is 19.3 Å². The van der Waals surface area contributed by atoms with Crippen LogP contribution in [-0.2, 0) is 19.1 Å². The summed E-state index contributed by atoms with van der Waals surface area (Å²) < 4.78 is 5.44. The Labute approximate surface area is 128 Å². The smallest absolute Gasteiger partial charge is 0.240 e. The number of carbonyl (C=O) groups excluding carboxylic acids is 3. The molecule has 0 spiro atoms. The minimum Gasteiger partial charge on any atom is -0.376 e. The molecule has 2 bridgehead atoms. The molecule has 0 aromatic rings. The van der Waals surface area contributed by atoms with E-state index in [-0.39, 0.29) is 54.0 Å². The predicted molar refractivity (Wildman–Crippen MR) is 76.4 cm³/mol. The van der Waals surface area contributed by atoms with Gasteiger partial charge < -0.3 is 10.1 Å². The van der Waals surface area contributed by atoms with Gasteiger partial charge in [-0.25, -0.2) is 0 Å². The Morgan fingerprint density at radius 2 is 1.91 bits per heavy atom. The number of imide groups is 1. The Hall–Kier alpha value is -1.69. The van der Waals surface area contributed by atoms with Gasteiger partial charge in [0.1, 0.15) is 6.54 Å². The number of hydrogen-bond donors (Lipinski definition) is 1. The standard InChI is InChI=1S/C16H20N2O4/c19-12(17-7-11-2-1-5-22-11)8-18-15(20)13-9-3-4-10(6-9)14(13)16(18)21/h3-4,9-11,13-14H,1-2,5-8H2,(H,17,19)/t9-,10-,11-,13+,14+/m0/s1. The Morgan fingerprint density at radius 1 is 1.23 bits per heavy atom. The van der Waals surface area contributed by atoms with Crippen LogP contribution in [0.4, 0.5) is 0 Å². The first-order valence-corrected chi connectivity index (χ1v) is 8.07. The van der Waals surface area contributed by atoms with Crippen molar-refractivity contribution in [2.75, 3.05) is 19.7 Å². The maximum atomic E-state index is 12.4. The van der Waals surface area contributed by atoms with E-state index in [9.17, 15) is 14.4 Å². The number of amides is 3. The third-order valence-corrected chi connectivity index (χ3v) is 5.41. The second-order valence-electron chi connectivity index (χ2n) is 6.70. The molecular formula is C16H20N2O4. The number of rotatable bonds is 4. The lowest BCUT2D eigenvalue weighted by Gasteiger charge is -2.17. The summed E-state index contributed by atoms with van der Waals surface area (Å²) in [5.74, 6) is -0.699. The van der Waals surface area contributed by atoms with Crippen LogP contribution in [0, 0.1) is 23.7 Å². The monoisotopic (exact) mass is 304 g/mol. The fraction of sp³-hybridized carbons (Fsp3) is 0.688. The number of nitrogens with zero attached hydrogens (tertiary/aromatic N) is 1. The summed E-state index contributed by atoms with van der Waals surface area (Å²) >= 11 is 0. The van der Waals surface area contributed by atoms with Crippen molar-refractivity contribution >= 4 is 17.7 Å². The predicted octanol–water partition coefficient (Wildman–Crippen LogP) is 0.0887. The normalized spacial score (nSPS) is 38.9. The fourth-order valence-electron chi connectivity index (χ4n) is 4.35. The van der Waals surface area contributed by atoms with Crippen molar-refractivity contribution in [1.82, 2.24) is 10.2 Å². The number of hydrogen-bond acceptors (Lipinski definition) is 4. The Bertz CT molecular complexity index is 522. The molecule has 4 aliphatic rings. The van der Waals surface area contributed by atoms with Gasteiger partial charge in [0.25, 0.3) is 0 Å². The molecule has 3 fully saturated rings. The van der Waals surface area contributed by atoms with E-state index < -0.39 is 0 Å². The molecule has 3 amide bonds. The van der Waals surface area contributed by atoms with Crippen LogP contribution in [0.3, 0.4) is 0 Å². The maximum Gasteiger partial charge on any atom is 0.240 e. The molecule has 6 nitrogen and oxygen atoms in total. The van der Waals surface area contributed by atoms with E-state index in [1.54, 1.807) is 0 Å². The van der Waals surface area contributed by atoms with E-state index in [0.29, 0.717) is 6.54 Å². The minimum absolute atomic E-state index is 0.0633. The van der Waals surface area contributed by atoms with E-state index in [2.05, 4.69) is 17.5 Å². The largest absolute Gasteiger partial charge is 0.376 e.